The third-order valence-electron chi connectivity index (χ3n) is 5.22. The van der Waals surface area contributed by atoms with Crippen LogP contribution in [0.25, 0.3) is 21.9 Å². The Morgan fingerprint density at radius 3 is 2.62 bits per heavy atom. The molecule has 0 N–H and O–H groups in total. The zero-order valence-corrected chi connectivity index (χ0v) is 16.6. The molecule has 0 bridgehead atoms. The van der Waals surface area contributed by atoms with Gasteiger partial charge in [-0.15, -0.1) is 0 Å². The lowest BCUT2D eigenvalue weighted by atomic mass is 10.1. The van der Waals surface area contributed by atoms with E-state index in [-0.39, 0.29) is 17.9 Å². The lowest BCUT2D eigenvalue weighted by Crippen LogP contribution is -2.29. The van der Waals surface area contributed by atoms with E-state index in [1.54, 1.807) is 24.1 Å². The van der Waals surface area contributed by atoms with Crippen molar-refractivity contribution in [2.24, 2.45) is 0 Å². The van der Waals surface area contributed by atoms with E-state index in [0.717, 1.165) is 28.7 Å². The minimum Gasteiger partial charge on any atom is -0.461 e. The van der Waals surface area contributed by atoms with E-state index >= 15 is 0 Å². The summed E-state index contributed by atoms with van der Waals surface area (Å²) in [5, 5.41) is 1.60. The van der Waals surface area contributed by atoms with Gasteiger partial charge in [0.25, 0.3) is 5.56 Å². The number of amides is 1. The van der Waals surface area contributed by atoms with Crippen molar-refractivity contribution in [2.45, 2.75) is 32.9 Å². The molecule has 2 aromatic carbocycles. The van der Waals surface area contributed by atoms with Crippen molar-refractivity contribution in [3.8, 4) is 0 Å². The standard InChI is InChI=1S/C23H23N3O3/c1-3-20-18(16-8-5-7-11-21(16)29-20)14-25(2)22(27)12-13-26-15-24-19-10-6-4-9-17(19)23(26)28/h4-11,15H,3,12-14H2,1-2H3. The fourth-order valence-electron chi connectivity index (χ4n) is 3.61. The van der Waals surface area contributed by atoms with E-state index in [1.165, 1.54) is 10.9 Å². The molecule has 0 radical (unpaired) electrons. The first-order valence-corrected chi connectivity index (χ1v) is 9.76. The Morgan fingerprint density at radius 2 is 1.83 bits per heavy atom. The van der Waals surface area contributed by atoms with E-state index < -0.39 is 0 Å². The summed E-state index contributed by atoms with van der Waals surface area (Å²) in [6, 6.07) is 15.1. The number of aryl methyl sites for hydroxylation is 2. The van der Waals surface area contributed by atoms with Crippen molar-refractivity contribution in [1.82, 2.24) is 14.5 Å². The summed E-state index contributed by atoms with van der Waals surface area (Å²) in [6.07, 6.45) is 2.51. The number of carbonyl (C=O) groups excluding carboxylic acids is 1. The van der Waals surface area contributed by atoms with Crippen LogP contribution in [0.5, 0.6) is 0 Å². The highest BCUT2D eigenvalue weighted by Crippen LogP contribution is 2.27. The number of nitrogens with zero attached hydrogens (tertiary/aromatic N) is 3. The minimum absolute atomic E-state index is 0.0302. The molecule has 0 aliphatic carbocycles. The van der Waals surface area contributed by atoms with Crippen LogP contribution in [0.4, 0.5) is 0 Å². The van der Waals surface area contributed by atoms with Crippen LogP contribution in [-0.4, -0.2) is 27.4 Å². The molecule has 0 aliphatic heterocycles. The normalized spacial score (nSPS) is 11.2. The number of carbonyl (C=O) groups is 1. The average molecular weight is 389 g/mol. The molecule has 0 saturated carbocycles. The number of para-hydroxylation sites is 2. The van der Waals surface area contributed by atoms with E-state index in [4.69, 9.17) is 4.42 Å². The van der Waals surface area contributed by atoms with Gasteiger partial charge >= 0.3 is 0 Å². The maximum Gasteiger partial charge on any atom is 0.261 e. The van der Waals surface area contributed by atoms with Crippen molar-refractivity contribution in [1.29, 1.82) is 0 Å². The molecule has 0 aliphatic rings. The molecule has 2 aromatic heterocycles. The summed E-state index contributed by atoms with van der Waals surface area (Å²) in [4.78, 5) is 31.3. The van der Waals surface area contributed by atoms with Gasteiger partial charge in [0.05, 0.1) is 17.2 Å². The zero-order valence-electron chi connectivity index (χ0n) is 16.6. The Bertz CT molecular complexity index is 1240. The summed E-state index contributed by atoms with van der Waals surface area (Å²) in [5.41, 5.74) is 2.42. The Labute approximate surface area is 168 Å². The number of benzene rings is 2. The summed E-state index contributed by atoms with van der Waals surface area (Å²) < 4.78 is 7.42. The molecule has 0 atom stereocenters. The van der Waals surface area contributed by atoms with Crippen molar-refractivity contribution < 1.29 is 9.21 Å². The summed E-state index contributed by atoms with van der Waals surface area (Å²) in [6.45, 7) is 2.82. The predicted molar refractivity (Wildman–Crippen MR) is 113 cm³/mol. The van der Waals surface area contributed by atoms with Gasteiger partial charge in [0.1, 0.15) is 11.3 Å². The van der Waals surface area contributed by atoms with Crippen molar-refractivity contribution >= 4 is 27.8 Å². The molecule has 148 valence electrons. The van der Waals surface area contributed by atoms with Crippen LogP contribution < -0.4 is 5.56 Å². The summed E-state index contributed by atoms with van der Waals surface area (Å²) in [7, 11) is 1.78. The average Bonchev–Trinajstić information content (AvgIpc) is 3.11. The maximum absolute atomic E-state index is 12.7. The fraction of sp³-hybridized carbons (Fsp3) is 0.261. The zero-order chi connectivity index (χ0) is 20.4. The third kappa shape index (κ3) is 3.66. The number of aromatic nitrogens is 2. The molecular formula is C23H23N3O3. The molecule has 6 heteroatoms. The number of furan rings is 1. The van der Waals surface area contributed by atoms with Crippen molar-refractivity contribution in [3.05, 3.63) is 76.5 Å². The molecule has 0 fully saturated rings. The van der Waals surface area contributed by atoms with E-state index in [9.17, 15) is 9.59 Å². The highest BCUT2D eigenvalue weighted by atomic mass is 16.3. The van der Waals surface area contributed by atoms with Gasteiger partial charge < -0.3 is 9.32 Å². The molecule has 0 saturated heterocycles. The Kier molecular flexibility index (Phi) is 5.16. The lowest BCUT2D eigenvalue weighted by Gasteiger charge is -2.18. The number of hydrogen-bond donors (Lipinski definition) is 0. The van der Waals surface area contributed by atoms with Crippen LogP contribution >= 0.6 is 0 Å². The lowest BCUT2D eigenvalue weighted by molar-refractivity contribution is -0.130. The molecule has 0 unspecified atom stereocenters. The molecule has 2 heterocycles. The smallest absolute Gasteiger partial charge is 0.261 e. The van der Waals surface area contributed by atoms with Gasteiger partial charge in [-0.3, -0.25) is 14.2 Å². The Balaban J connectivity index is 1.48. The summed E-state index contributed by atoms with van der Waals surface area (Å²) in [5.74, 6) is 0.873. The van der Waals surface area contributed by atoms with Gasteiger partial charge in [0.2, 0.25) is 5.91 Å². The van der Waals surface area contributed by atoms with E-state index in [1.807, 2.05) is 43.3 Å². The largest absolute Gasteiger partial charge is 0.461 e. The number of hydrogen-bond acceptors (Lipinski definition) is 4. The van der Waals surface area contributed by atoms with Crippen LogP contribution in [0.3, 0.4) is 0 Å². The molecule has 0 spiro atoms. The molecule has 4 aromatic rings. The number of fused-ring (bicyclic) bond motifs is 2. The Morgan fingerprint density at radius 1 is 1.10 bits per heavy atom. The monoisotopic (exact) mass is 389 g/mol. The van der Waals surface area contributed by atoms with Crippen LogP contribution in [0.2, 0.25) is 0 Å². The van der Waals surface area contributed by atoms with Crippen LogP contribution in [0.15, 0.2) is 64.1 Å². The topological polar surface area (TPSA) is 68.3 Å². The van der Waals surface area contributed by atoms with E-state index in [2.05, 4.69) is 4.98 Å². The predicted octanol–water partition coefficient (Wildman–Crippen LogP) is 3.75. The third-order valence-corrected chi connectivity index (χ3v) is 5.22. The first kappa shape index (κ1) is 18.9. The van der Waals surface area contributed by atoms with Crippen LogP contribution in [0.1, 0.15) is 24.7 Å². The Hall–Kier alpha value is -3.41. The SMILES string of the molecule is CCc1oc2ccccc2c1CN(C)C(=O)CCn1cnc2ccccc2c1=O. The second kappa shape index (κ2) is 7.91. The number of rotatable bonds is 6. The highest BCUT2D eigenvalue weighted by Gasteiger charge is 2.17. The quantitative estimate of drug-likeness (QED) is 0.504. The van der Waals surface area contributed by atoms with Crippen molar-refractivity contribution in [3.63, 3.8) is 0 Å². The van der Waals surface area contributed by atoms with Crippen LogP contribution in [0, 0.1) is 0 Å². The first-order chi connectivity index (χ1) is 14.1. The molecule has 6 nitrogen and oxygen atoms in total. The van der Waals surface area contributed by atoms with Gasteiger partial charge in [0, 0.05) is 43.9 Å². The fourth-order valence-corrected chi connectivity index (χ4v) is 3.61. The molecule has 1 amide bonds. The van der Waals surface area contributed by atoms with Gasteiger partial charge in [-0.2, -0.15) is 0 Å². The molecule has 29 heavy (non-hydrogen) atoms. The highest BCUT2D eigenvalue weighted by molar-refractivity contribution is 5.83. The van der Waals surface area contributed by atoms with Gasteiger partial charge in [-0.1, -0.05) is 37.3 Å². The first-order valence-electron chi connectivity index (χ1n) is 9.76. The second-order valence-corrected chi connectivity index (χ2v) is 7.11. The summed E-state index contributed by atoms with van der Waals surface area (Å²) >= 11 is 0. The second-order valence-electron chi connectivity index (χ2n) is 7.11. The van der Waals surface area contributed by atoms with Gasteiger partial charge in [-0.25, -0.2) is 4.98 Å². The van der Waals surface area contributed by atoms with E-state index in [0.29, 0.717) is 24.0 Å². The maximum atomic E-state index is 12.7. The minimum atomic E-state index is -0.125. The molecule has 4 rings (SSSR count). The van der Waals surface area contributed by atoms with Crippen LogP contribution in [-0.2, 0) is 24.3 Å². The van der Waals surface area contributed by atoms with Crippen molar-refractivity contribution in [2.75, 3.05) is 7.05 Å². The van der Waals surface area contributed by atoms with Gasteiger partial charge in [-0.05, 0) is 18.2 Å². The van der Waals surface area contributed by atoms with Gasteiger partial charge in [0.15, 0.2) is 0 Å². The molecular weight excluding hydrogens is 366 g/mol.